The lowest BCUT2D eigenvalue weighted by Crippen LogP contribution is -2.35. The summed E-state index contributed by atoms with van der Waals surface area (Å²) in [7, 11) is 0. The Hall–Kier alpha value is -0.760. The van der Waals surface area contributed by atoms with Gasteiger partial charge < -0.3 is 9.73 Å². The van der Waals surface area contributed by atoms with Gasteiger partial charge in [-0.05, 0) is 43.2 Å². The standard InChI is InChI=1S/C14H23NO/c1-4-12(14-6-5-9-16-14)15-13-8-7-10(2)11(13)3/h5-6,9-13,15H,4,7-8H2,1-3H3. The quantitative estimate of drug-likeness (QED) is 0.837. The molecule has 1 aromatic heterocycles. The van der Waals surface area contributed by atoms with Gasteiger partial charge in [0, 0.05) is 6.04 Å². The van der Waals surface area contributed by atoms with Gasteiger partial charge in [0.1, 0.15) is 5.76 Å². The highest BCUT2D eigenvalue weighted by Gasteiger charge is 2.31. The fraction of sp³-hybridized carbons (Fsp3) is 0.714. The minimum Gasteiger partial charge on any atom is -0.468 e. The van der Waals surface area contributed by atoms with Crippen LogP contribution in [0.3, 0.4) is 0 Å². The number of hydrogen-bond donors (Lipinski definition) is 1. The molecule has 1 heterocycles. The Bertz CT molecular complexity index is 307. The molecule has 1 N–H and O–H groups in total. The molecule has 1 fully saturated rings. The van der Waals surface area contributed by atoms with Crippen molar-refractivity contribution in [2.75, 3.05) is 0 Å². The van der Waals surface area contributed by atoms with E-state index >= 15 is 0 Å². The molecular weight excluding hydrogens is 198 g/mol. The molecule has 0 aromatic carbocycles. The van der Waals surface area contributed by atoms with Crippen LogP contribution in [0.15, 0.2) is 22.8 Å². The van der Waals surface area contributed by atoms with Gasteiger partial charge >= 0.3 is 0 Å². The van der Waals surface area contributed by atoms with E-state index in [1.807, 2.05) is 6.07 Å². The Balaban J connectivity index is 1.97. The molecule has 0 bridgehead atoms. The Morgan fingerprint density at radius 3 is 2.75 bits per heavy atom. The third kappa shape index (κ3) is 2.32. The molecule has 4 unspecified atom stereocenters. The Morgan fingerprint density at radius 2 is 2.25 bits per heavy atom. The van der Waals surface area contributed by atoms with E-state index < -0.39 is 0 Å². The Morgan fingerprint density at radius 1 is 1.44 bits per heavy atom. The lowest BCUT2D eigenvalue weighted by atomic mass is 9.97. The molecule has 2 rings (SSSR count). The van der Waals surface area contributed by atoms with Crippen molar-refractivity contribution in [3.8, 4) is 0 Å². The van der Waals surface area contributed by atoms with E-state index in [0.717, 1.165) is 24.0 Å². The van der Waals surface area contributed by atoms with Crippen LogP contribution in [0.5, 0.6) is 0 Å². The second kappa shape index (κ2) is 5.05. The summed E-state index contributed by atoms with van der Waals surface area (Å²) < 4.78 is 5.50. The van der Waals surface area contributed by atoms with E-state index in [-0.39, 0.29) is 0 Å². The average molecular weight is 221 g/mol. The molecule has 0 radical (unpaired) electrons. The lowest BCUT2D eigenvalue weighted by Gasteiger charge is -2.24. The van der Waals surface area contributed by atoms with Gasteiger partial charge in [0.2, 0.25) is 0 Å². The first-order chi connectivity index (χ1) is 7.72. The summed E-state index contributed by atoms with van der Waals surface area (Å²) in [6, 6.07) is 5.09. The van der Waals surface area contributed by atoms with Crippen LogP contribution in [0.2, 0.25) is 0 Å². The van der Waals surface area contributed by atoms with Crippen LogP contribution in [-0.4, -0.2) is 6.04 Å². The summed E-state index contributed by atoms with van der Waals surface area (Å²) in [4.78, 5) is 0. The summed E-state index contributed by atoms with van der Waals surface area (Å²) in [5.74, 6) is 2.71. The zero-order valence-electron chi connectivity index (χ0n) is 10.6. The lowest BCUT2D eigenvalue weighted by molar-refractivity contribution is 0.310. The van der Waals surface area contributed by atoms with Crippen LogP contribution in [0.1, 0.15) is 51.8 Å². The van der Waals surface area contributed by atoms with Crippen molar-refractivity contribution in [2.45, 2.75) is 52.1 Å². The van der Waals surface area contributed by atoms with Crippen molar-refractivity contribution in [3.63, 3.8) is 0 Å². The zero-order chi connectivity index (χ0) is 11.5. The highest BCUT2D eigenvalue weighted by molar-refractivity contribution is 5.05. The number of furan rings is 1. The number of nitrogens with one attached hydrogen (secondary N) is 1. The maximum Gasteiger partial charge on any atom is 0.120 e. The van der Waals surface area contributed by atoms with Crippen LogP contribution in [0, 0.1) is 11.8 Å². The largest absolute Gasteiger partial charge is 0.468 e. The molecule has 2 nitrogen and oxygen atoms in total. The van der Waals surface area contributed by atoms with E-state index in [1.165, 1.54) is 12.8 Å². The van der Waals surface area contributed by atoms with Crippen molar-refractivity contribution in [1.29, 1.82) is 0 Å². The highest BCUT2D eigenvalue weighted by Crippen LogP contribution is 2.33. The van der Waals surface area contributed by atoms with Crippen LogP contribution >= 0.6 is 0 Å². The molecule has 0 spiro atoms. The summed E-state index contributed by atoms with van der Waals surface area (Å²) in [5.41, 5.74) is 0. The first-order valence-electron chi connectivity index (χ1n) is 6.51. The Labute approximate surface area is 98.4 Å². The monoisotopic (exact) mass is 221 g/mol. The van der Waals surface area contributed by atoms with Crippen molar-refractivity contribution >= 4 is 0 Å². The van der Waals surface area contributed by atoms with E-state index in [0.29, 0.717) is 12.1 Å². The smallest absolute Gasteiger partial charge is 0.120 e. The van der Waals surface area contributed by atoms with Crippen molar-refractivity contribution in [3.05, 3.63) is 24.2 Å². The zero-order valence-corrected chi connectivity index (χ0v) is 10.6. The number of rotatable bonds is 4. The molecule has 2 heteroatoms. The molecule has 1 saturated carbocycles. The first-order valence-corrected chi connectivity index (χ1v) is 6.51. The first kappa shape index (κ1) is 11.7. The van der Waals surface area contributed by atoms with Gasteiger partial charge in [-0.15, -0.1) is 0 Å². The van der Waals surface area contributed by atoms with Gasteiger partial charge in [-0.25, -0.2) is 0 Å². The minimum absolute atomic E-state index is 0.382. The van der Waals surface area contributed by atoms with Gasteiger partial charge in [-0.2, -0.15) is 0 Å². The summed E-state index contributed by atoms with van der Waals surface area (Å²) in [5, 5.41) is 3.75. The fourth-order valence-corrected chi connectivity index (χ4v) is 2.75. The fourth-order valence-electron chi connectivity index (χ4n) is 2.75. The third-order valence-electron chi connectivity index (χ3n) is 4.18. The van der Waals surface area contributed by atoms with Gasteiger partial charge in [-0.1, -0.05) is 20.8 Å². The third-order valence-corrected chi connectivity index (χ3v) is 4.18. The topological polar surface area (TPSA) is 25.2 Å². The molecular formula is C14H23NO. The molecule has 4 atom stereocenters. The van der Waals surface area contributed by atoms with E-state index in [2.05, 4.69) is 32.2 Å². The van der Waals surface area contributed by atoms with Gasteiger partial charge in [-0.3, -0.25) is 0 Å². The van der Waals surface area contributed by atoms with Gasteiger partial charge in [0.25, 0.3) is 0 Å². The average Bonchev–Trinajstić information content (AvgIpc) is 2.90. The molecule has 0 saturated heterocycles. The molecule has 90 valence electrons. The normalized spacial score (nSPS) is 31.8. The second-order valence-electron chi connectivity index (χ2n) is 5.16. The van der Waals surface area contributed by atoms with Crippen molar-refractivity contribution < 1.29 is 4.42 Å². The summed E-state index contributed by atoms with van der Waals surface area (Å²) in [6.07, 6.45) is 5.51. The maximum absolute atomic E-state index is 5.50. The van der Waals surface area contributed by atoms with Gasteiger partial charge in [0.15, 0.2) is 0 Å². The number of hydrogen-bond acceptors (Lipinski definition) is 2. The van der Waals surface area contributed by atoms with Crippen LogP contribution in [0.25, 0.3) is 0 Å². The van der Waals surface area contributed by atoms with E-state index in [1.54, 1.807) is 6.26 Å². The molecule has 1 aliphatic rings. The molecule has 16 heavy (non-hydrogen) atoms. The van der Waals surface area contributed by atoms with Crippen LogP contribution < -0.4 is 5.32 Å². The van der Waals surface area contributed by atoms with Crippen LogP contribution in [0.4, 0.5) is 0 Å². The highest BCUT2D eigenvalue weighted by atomic mass is 16.3. The maximum atomic E-state index is 5.50. The predicted octanol–water partition coefficient (Wildman–Crippen LogP) is 3.75. The van der Waals surface area contributed by atoms with Crippen LogP contribution in [-0.2, 0) is 0 Å². The SMILES string of the molecule is CCC(NC1CCC(C)C1C)c1ccco1. The summed E-state index contributed by atoms with van der Waals surface area (Å²) in [6.45, 7) is 6.94. The molecule has 1 aliphatic carbocycles. The summed E-state index contributed by atoms with van der Waals surface area (Å²) >= 11 is 0. The van der Waals surface area contributed by atoms with Gasteiger partial charge in [0.05, 0.1) is 12.3 Å². The Kier molecular flexibility index (Phi) is 3.70. The predicted molar refractivity (Wildman–Crippen MR) is 66.2 cm³/mol. The van der Waals surface area contributed by atoms with E-state index in [9.17, 15) is 0 Å². The van der Waals surface area contributed by atoms with Crippen molar-refractivity contribution in [1.82, 2.24) is 5.32 Å². The molecule has 0 aliphatic heterocycles. The van der Waals surface area contributed by atoms with Crippen molar-refractivity contribution in [2.24, 2.45) is 11.8 Å². The molecule has 0 amide bonds. The van der Waals surface area contributed by atoms with E-state index in [4.69, 9.17) is 4.42 Å². The molecule has 1 aromatic rings. The second-order valence-corrected chi connectivity index (χ2v) is 5.16. The minimum atomic E-state index is 0.382.